The molecule has 1 aromatic heterocycles. The molecule has 5 heteroatoms. The topological polar surface area (TPSA) is 51.1 Å². The smallest absolute Gasteiger partial charge is 0.252 e. The molecular formula is C22H23ClN2O2. The standard InChI is InChI=1S/C22H23ClN2O2/c1-5-19(22(27)24-18-9-7-6-8-17(18)23)25-20(26)12-14(3)16-11-13(2)10-15(4)21(16)25/h6-12,19H,5H2,1-4H3,(H,24,27). The molecule has 0 saturated heterocycles. The number of fused-ring (bicyclic) bond motifs is 1. The van der Waals surface area contributed by atoms with Crippen molar-refractivity contribution in [1.29, 1.82) is 0 Å². The van der Waals surface area contributed by atoms with Crippen molar-refractivity contribution in [3.8, 4) is 0 Å². The zero-order chi connectivity index (χ0) is 19.7. The van der Waals surface area contributed by atoms with Gasteiger partial charge >= 0.3 is 0 Å². The molecular weight excluding hydrogens is 360 g/mol. The number of pyridine rings is 1. The first-order valence-corrected chi connectivity index (χ1v) is 9.39. The van der Waals surface area contributed by atoms with E-state index in [0.717, 1.165) is 27.6 Å². The van der Waals surface area contributed by atoms with Gasteiger partial charge in [0.05, 0.1) is 16.2 Å². The van der Waals surface area contributed by atoms with Crippen molar-refractivity contribution < 1.29 is 4.79 Å². The van der Waals surface area contributed by atoms with Crippen LogP contribution in [0.1, 0.15) is 36.1 Å². The largest absolute Gasteiger partial charge is 0.323 e. The molecule has 1 N–H and O–H groups in total. The summed E-state index contributed by atoms with van der Waals surface area (Å²) in [5, 5.41) is 4.33. The summed E-state index contributed by atoms with van der Waals surface area (Å²) in [6.45, 7) is 7.84. The van der Waals surface area contributed by atoms with Crippen molar-refractivity contribution in [1.82, 2.24) is 4.57 Å². The molecule has 0 aliphatic rings. The Kier molecular flexibility index (Phi) is 5.38. The Labute approximate surface area is 163 Å². The van der Waals surface area contributed by atoms with E-state index in [9.17, 15) is 9.59 Å². The van der Waals surface area contributed by atoms with Gasteiger partial charge in [-0.15, -0.1) is 0 Å². The Hall–Kier alpha value is -2.59. The van der Waals surface area contributed by atoms with Crippen LogP contribution in [0.15, 0.2) is 47.3 Å². The van der Waals surface area contributed by atoms with E-state index in [2.05, 4.69) is 11.4 Å². The summed E-state index contributed by atoms with van der Waals surface area (Å²) in [7, 11) is 0. The maximum atomic E-state index is 13.0. The predicted molar refractivity (Wildman–Crippen MR) is 112 cm³/mol. The molecule has 0 fully saturated rings. The Morgan fingerprint density at radius 1 is 1.11 bits per heavy atom. The van der Waals surface area contributed by atoms with Crippen LogP contribution >= 0.6 is 11.6 Å². The number of carbonyl (C=O) groups is 1. The molecule has 1 amide bonds. The van der Waals surface area contributed by atoms with Crippen LogP contribution in [0.2, 0.25) is 5.02 Å². The summed E-state index contributed by atoms with van der Waals surface area (Å²) in [5.74, 6) is -0.252. The molecule has 140 valence electrons. The molecule has 0 spiro atoms. The molecule has 2 aromatic carbocycles. The van der Waals surface area contributed by atoms with Gasteiger partial charge in [0.25, 0.3) is 5.56 Å². The van der Waals surface area contributed by atoms with Gasteiger partial charge in [0.15, 0.2) is 0 Å². The van der Waals surface area contributed by atoms with Crippen molar-refractivity contribution in [2.45, 2.75) is 40.2 Å². The molecule has 4 nitrogen and oxygen atoms in total. The van der Waals surface area contributed by atoms with Crippen molar-refractivity contribution in [2.75, 3.05) is 5.32 Å². The second-order valence-corrected chi connectivity index (χ2v) is 7.31. The van der Waals surface area contributed by atoms with Gasteiger partial charge in [-0.25, -0.2) is 0 Å². The van der Waals surface area contributed by atoms with Crippen LogP contribution in [0.3, 0.4) is 0 Å². The number of hydrogen-bond acceptors (Lipinski definition) is 2. The maximum Gasteiger partial charge on any atom is 0.252 e. The number of aryl methyl sites for hydroxylation is 3. The van der Waals surface area contributed by atoms with Crippen LogP contribution < -0.4 is 10.9 Å². The third-order valence-electron chi connectivity index (χ3n) is 4.82. The highest BCUT2D eigenvalue weighted by Gasteiger charge is 2.23. The second-order valence-electron chi connectivity index (χ2n) is 6.91. The molecule has 0 saturated carbocycles. The zero-order valence-corrected chi connectivity index (χ0v) is 16.7. The Bertz CT molecular complexity index is 1090. The molecule has 27 heavy (non-hydrogen) atoms. The van der Waals surface area contributed by atoms with Gasteiger partial charge in [0.2, 0.25) is 5.91 Å². The van der Waals surface area contributed by atoms with Gasteiger partial charge in [-0.1, -0.05) is 42.3 Å². The van der Waals surface area contributed by atoms with E-state index in [1.165, 1.54) is 0 Å². The minimum atomic E-state index is -0.627. The average Bonchev–Trinajstić information content (AvgIpc) is 2.60. The number of para-hydroxylation sites is 1. The number of rotatable bonds is 4. The van der Waals surface area contributed by atoms with Crippen LogP contribution in [0, 0.1) is 20.8 Å². The van der Waals surface area contributed by atoms with Crippen LogP contribution in [0.5, 0.6) is 0 Å². The van der Waals surface area contributed by atoms with Crippen molar-refractivity contribution in [3.05, 3.63) is 74.5 Å². The van der Waals surface area contributed by atoms with E-state index >= 15 is 0 Å². The SMILES string of the molecule is CCC(C(=O)Nc1ccccc1Cl)n1c(=O)cc(C)c2cc(C)cc(C)c21. The third-order valence-corrected chi connectivity index (χ3v) is 5.15. The molecule has 0 bridgehead atoms. The van der Waals surface area contributed by atoms with Crippen LogP contribution in [0.25, 0.3) is 10.9 Å². The zero-order valence-electron chi connectivity index (χ0n) is 16.0. The van der Waals surface area contributed by atoms with Gasteiger partial charge in [-0.2, -0.15) is 0 Å². The fourth-order valence-corrected chi connectivity index (χ4v) is 3.78. The van der Waals surface area contributed by atoms with Crippen LogP contribution in [-0.4, -0.2) is 10.5 Å². The van der Waals surface area contributed by atoms with Crippen LogP contribution in [0.4, 0.5) is 5.69 Å². The molecule has 1 heterocycles. The fourth-order valence-electron chi connectivity index (χ4n) is 3.60. The lowest BCUT2D eigenvalue weighted by Crippen LogP contribution is -2.33. The minimum absolute atomic E-state index is 0.173. The lowest BCUT2D eigenvalue weighted by Gasteiger charge is -2.22. The van der Waals surface area contributed by atoms with Gasteiger partial charge in [-0.3, -0.25) is 14.2 Å². The maximum absolute atomic E-state index is 13.0. The van der Waals surface area contributed by atoms with Gasteiger partial charge < -0.3 is 5.32 Å². The Morgan fingerprint density at radius 2 is 1.81 bits per heavy atom. The summed E-state index contributed by atoms with van der Waals surface area (Å²) in [4.78, 5) is 25.9. The minimum Gasteiger partial charge on any atom is -0.323 e. The van der Waals surface area contributed by atoms with Crippen molar-refractivity contribution in [3.63, 3.8) is 0 Å². The summed E-state index contributed by atoms with van der Waals surface area (Å²) in [6.07, 6.45) is 0.488. The van der Waals surface area contributed by atoms with E-state index in [-0.39, 0.29) is 11.5 Å². The highest BCUT2D eigenvalue weighted by molar-refractivity contribution is 6.33. The number of nitrogens with zero attached hydrogens (tertiary/aromatic N) is 1. The average molecular weight is 383 g/mol. The summed E-state index contributed by atoms with van der Waals surface area (Å²) in [5.41, 5.74) is 4.20. The number of nitrogens with one attached hydrogen (secondary N) is 1. The van der Waals surface area contributed by atoms with Crippen molar-refractivity contribution >= 4 is 34.1 Å². The van der Waals surface area contributed by atoms with Gasteiger partial charge in [-0.05, 0) is 56.5 Å². The first-order valence-electron chi connectivity index (χ1n) is 9.02. The normalized spacial score (nSPS) is 12.2. The number of carbonyl (C=O) groups excluding carboxylic acids is 1. The lowest BCUT2D eigenvalue weighted by atomic mass is 10.0. The van der Waals surface area contributed by atoms with Crippen molar-refractivity contribution in [2.24, 2.45) is 0 Å². The predicted octanol–water partition coefficient (Wildman–Crippen LogP) is 5.17. The molecule has 1 unspecified atom stereocenters. The quantitative estimate of drug-likeness (QED) is 0.676. The Morgan fingerprint density at radius 3 is 2.48 bits per heavy atom. The van der Waals surface area contributed by atoms with E-state index in [1.807, 2.05) is 39.8 Å². The fraction of sp³-hybridized carbons (Fsp3) is 0.273. The van der Waals surface area contributed by atoms with E-state index in [4.69, 9.17) is 11.6 Å². The number of anilines is 1. The summed E-state index contributed by atoms with van der Waals surface area (Å²) < 4.78 is 1.61. The second kappa shape index (κ2) is 7.57. The lowest BCUT2D eigenvalue weighted by molar-refractivity contribution is -0.119. The monoisotopic (exact) mass is 382 g/mol. The number of halogens is 1. The number of benzene rings is 2. The molecule has 3 aromatic rings. The Balaban J connectivity index is 2.16. The molecule has 0 radical (unpaired) electrons. The van der Waals surface area contributed by atoms with Crippen LogP contribution in [-0.2, 0) is 4.79 Å². The molecule has 1 atom stereocenters. The number of hydrogen-bond donors (Lipinski definition) is 1. The highest BCUT2D eigenvalue weighted by Crippen LogP contribution is 2.27. The summed E-state index contributed by atoms with van der Waals surface area (Å²) >= 11 is 6.17. The van der Waals surface area contributed by atoms with E-state index in [1.54, 1.807) is 28.8 Å². The number of aromatic nitrogens is 1. The third kappa shape index (κ3) is 3.62. The number of amides is 1. The van der Waals surface area contributed by atoms with E-state index in [0.29, 0.717) is 17.1 Å². The molecule has 0 aliphatic carbocycles. The first-order chi connectivity index (χ1) is 12.8. The van der Waals surface area contributed by atoms with E-state index < -0.39 is 6.04 Å². The highest BCUT2D eigenvalue weighted by atomic mass is 35.5. The summed E-state index contributed by atoms with van der Waals surface area (Å²) in [6, 6.07) is 12.2. The van der Waals surface area contributed by atoms with Gasteiger partial charge in [0.1, 0.15) is 6.04 Å². The first kappa shape index (κ1) is 19.2. The molecule has 3 rings (SSSR count). The molecule has 0 aliphatic heterocycles. The van der Waals surface area contributed by atoms with Gasteiger partial charge in [0, 0.05) is 11.5 Å².